The van der Waals surface area contributed by atoms with E-state index >= 15 is 0 Å². The smallest absolute Gasteiger partial charge is 1.00 e. The quantitative estimate of drug-likeness (QED) is 0.569. The number of rotatable bonds is 4. The minimum Gasteiger partial charge on any atom is -1.00 e. The third-order valence-electron chi connectivity index (χ3n) is 5.08. The van der Waals surface area contributed by atoms with Crippen LogP contribution in [0.3, 0.4) is 0 Å². The van der Waals surface area contributed by atoms with Gasteiger partial charge >= 0.3 is 173 Å². The van der Waals surface area contributed by atoms with Crippen molar-refractivity contribution in [3.05, 3.63) is 44.9 Å². The molecule has 2 aliphatic carbocycles. The second-order valence-corrected chi connectivity index (χ2v) is 12.8. The van der Waals surface area contributed by atoms with E-state index in [0.717, 1.165) is 19.3 Å². The Labute approximate surface area is 196 Å². The van der Waals surface area contributed by atoms with E-state index in [4.69, 9.17) is 0 Å². The van der Waals surface area contributed by atoms with Crippen molar-refractivity contribution in [1.29, 1.82) is 0 Å². The van der Waals surface area contributed by atoms with Crippen LogP contribution in [0.1, 0.15) is 74.7 Å². The van der Waals surface area contributed by atoms with Crippen molar-refractivity contribution in [2.45, 2.75) is 84.6 Å². The predicted molar refractivity (Wildman–Crippen MR) is 111 cm³/mol. The summed E-state index contributed by atoms with van der Waals surface area (Å²) in [5.41, 5.74) is 5.10. The van der Waals surface area contributed by atoms with Gasteiger partial charge in [-0.15, -0.1) is 0 Å². The number of halogens is 2. The molecular formula is C23H35Cl2STi. The summed E-state index contributed by atoms with van der Waals surface area (Å²) in [6.45, 7) is 18.9. The van der Waals surface area contributed by atoms with Gasteiger partial charge in [0.1, 0.15) is 0 Å². The third kappa shape index (κ3) is 6.82. The van der Waals surface area contributed by atoms with Crippen molar-refractivity contribution in [3.8, 4) is 0 Å². The maximum absolute atomic E-state index is 2.55. The summed E-state index contributed by atoms with van der Waals surface area (Å²) in [5.74, 6) is 0. The van der Waals surface area contributed by atoms with Gasteiger partial charge in [0.25, 0.3) is 0 Å². The Hall–Kier alpha value is 0.604. The van der Waals surface area contributed by atoms with E-state index in [1.54, 1.807) is 15.0 Å². The molecule has 2 rings (SSSR count). The molecule has 0 N–H and O–H groups in total. The zero-order valence-electron chi connectivity index (χ0n) is 18.2. The largest absolute Gasteiger partial charge is 1.00 e. The van der Waals surface area contributed by atoms with Crippen molar-refractivity contribution >= 4 is 11.8 Å². The molecule has 0 bridgehead atoms. The molecule has 0 nitrogen and oxygen atoms in total. The molecule has 2 aliphatic rings. The molecule has 151 valence electrons. The molecule has 4 heteroatoms. The standard InChI is InChI=1S/C23H35S.2ClH.Ti/c1-17(2)24-23(16-18-11-9-10-12-18)14-13-19(21(3,4)5)15-20(23)22(6,7)8;;;/h9,11,13,15,17H,10,14,16H2,1-8H3;2*1H;/q;;;+2/p-2. The third-order valence-corrected chi connectivity index (χ3v) is 7.36. The van der Waals surface area contributed by atoms with Crippen LogP contribution in [-0.4, -0.2) is 10.00 Å². The Morgan fingerprint density at radius 1 is 1.07 bits per heavy atom. The number of allylic oxidation sites excluding steroid dienone is 7. The first kappa shape index (κ1) is 27.6. The van der Waals surface area contributed by atoms with Crippen molar-refractivity contribution < 1.29 is 45.2 Å². The second-order valence-electron chi connectivity index (χ2n) is 9.87. The predicted octanol–water partition coefficient (Wildman–Crippen LogP) is 1.37. The van der Waals surface area contributed by atoms with Crippen molar-refractivity contribution in [3.63, 3.8) is 0 Å². The van der Waals surface area contributed by atoms with Gasteiger partial charge in [0.2, 0.25) is 0 Å². The summed E-state index contributed by atoms with van der Waals surface area (Å²) in [5, 5.41) is 0.627. The molecular weight excluding hydrogens is 427 g/mol. The summed E-state index contributed by atoms with van der Waals surface area (Å²) >= 11 is 4.49. The average molecular weight is 462 g/mol. The number of hydrogen-bond acceptors (Lipinski definition) is 1. The molecule has 0 aromatic heterocycles. The Morgan fingerprint density at radius 2 is 1.67 bits per heavy atom. The summed E-state index contributed by atoms with van der Waals surface area (Å²) in [7, 11) is 0. The van der Waals surface area contributed by atoms with Crippen molar-refractivity contribution in [2.75, 3.05) is 0 Å². The van der Waals surface area contributed by atoms with E-state index in [0.29, 0.717) is 5.25 Å². The van der Waals surface area contributed by atoms with Crippen LogP contribution in [0.5, 0.6) is 0 Å². The van der Waals surface area contributed by atoms with Gasteiger partial charge in [-0.2, -0.15) is 0 Å². The zero-order chi connectivity index (χ0) is 19.0. The normalized spacial score (nSPS) is 23.1. The molecule has 0 aromatic rings. The minimum absolute atomic E-state index is 0. The van der Waals surface area contributed by atoms with Crippen LogP contribution >= 0.6 is 11.8 Å². The van der Waals surface area contributed by atoms with Gasteiger partial charge in [0.15, 0.2) is 0 Å². The summed E-state index contributed by atoms with van der Waals surface area (Å²) in [6, 6.07) is 0. The van der Waals surface area contributed by atoms with Crippen LogP contribution in [0.4, 0.5) is 0 Å². The van der Waals surface area contributed by atoms with Gasteiger partial charge in [0.05, 0.1) is 0 Å². The maximum atomic E-state index is 2.55. The van der Waals surface area contributed by atoms with Crippen LogP contribution in [0, 0.1) is 10.8 Å². The molecule has 27 heavy (non-hydrogen) atoms. The second kappa shape index (κ2) is 10.1. The fourth-order valence-corrected chi connectivity index (χ4v) is 6.21. The van der Waals surface area contributed by atoms with E-state index in [-0.39, 0.29) is 40.4 Å². The first-order valence-electron chi connectivity index (χ1n) is 9.56. The number of thioether (sulfide) groups is 1. The fourth-order valence-electron chi connectivity index (χ4n) is 3.95. The van der Waals surface area contributed by atoms with E-state index in [1.165, 1.54) is 5.57 Å². The maximum Gasteiger partial charge on any atom is -1.00 e. The van der Waals surface area contributed by atoms with Crippen LogP contribution in [0.2, 0.25) is 0 Å². The van der Waals surface area contributed by atoms with E-state index in [9.17, 15) is 0 Å². The van der Waals surface area contributed by atoms with Gasteiger partial charge in [-0.25, -0.2) is 0 Å². The molecule has 0 aliphatic heterocycles. The minimum atomic E-state index is 0. The van der Waals surface area contributed by atoms with Crippen molar-refractivity contribution in [1.82, 2.24) is 0 Å². The summed E-state index contributed by atoms with van der Waals surface area (Å²) in [6.07, 6.45) is 13.2. The van der Waals surface area contributed by atoms with E-state index in [2.05, 4.69) is 112 Å². The van der Waals surface area contributed by atoms with E-state index in [1.807, 2.05) is 0 Å². The van der Waals surface area contributed by atoms with Crippen LogP contribution < -0.4 is 24.8 Å². The molecule has 0 amide bonds. The van der Waals surface area contributed by atoms with Crippen LogP contribution in [0.15, 0.2) is 44.9 Å². The molecule has 0 spiro atoms. The average Bonchev–Trinajstić information content (AvgIpc) is 2.81. The summed E-state index contributed by atoms with van der Waals surface area (Å²) < 4.78 is 1.74. The molecule has 1 unspecified atom stereocenters. The Balaban J connectivity index is 0.00000338. The van der Waals surface area contributed by atoms with Gasteiger partial charge < -0.3 is 24.8 Å². The first-order chi connectivity index (χ1) is 11.3. The Morgan fingerprint density at radius 3 is 2.07 bits per heavy atom. The molecule has 0 aromatic carbocycles. The topological polar surface area (TPSA) is 0 Å². The molecule has 1 atom stereocenters. The van der Waals surface area contributed by atoms with Gasteiger partial charge in [0, 0.05) is 0 Å². The van der Waals surface area contributed by atoms with Crippen molar-refractivity contribution in [2.24, 2.45) is 10.8 Å². The Bertz CT molecular complexity index is 642. The summed E-state index contributed by atoms with van der Waals surface area (Å²) in [4.78, 5) is 0. The molecule has 0 saturated carbocycles. The Kier molecular flexibility index (Phi) is 10.3. The van der Waals surface area contributed by atoms with Gasteiger partial charge in [-0.05, 0) is 0 Å². The molecule has 0 saturated heterocycles. The SMILES string of the molecule is CC(C)SC1(CC2=[C]([Ti+2])CC=C2)CC=C(C(C)(C)C)C=C1C(C)(C)C.[Cl-].[Cl-]. The van der Waals surface area contributed by atoms with Crippen LogP contribution in [0.25, 0.3) is 0 Å². The van der Waals surface area contributed by atoms with Gasteiger partial charge in [-0.1, -0.05) is 0 Å². The molecule has 0 radical (unpaired) electrons. The molecule has 0 heterocycles. The van der Waals surface area contributed by atoms with E-state index < -0.39 is 0 Å². The fraction of sp³-hybridized carbons (Fsp3) is 0.652. The van der Waals surface area contributed by atoms with Crippen LogP contribution in [-0.2, 0) is 20.4 Å². The first-order valence-corrected chi connectivity index (χ1v) is 11.2. The number of hydrogen-bond donors (Lipinski definition) is 0. The van der Waals surface area contributed by atoms with Gasteiger partial charge in [-0.3, -0.25) is 0 Å². The molecule has 0 fully saturated rings. The monoisotopic (exact) mass is 461 g/mol. The zero-order valence-corrected chi connectivity index (χ0v) is 22.1.